The number of amidine groups is 1. The normalized spacial score (nSPS) is 10.2. The number of nitrogens with one attached hydrogen (secondary N) is 3. The van der Waals surface area contributed by atoms with E-state index in [0.717, 1.165) is 11.6 Å². The van der Waals surface area contributed by atoms with Crippen LogP contribution in [0.15, 0.2) is 36.9 Å². The summed E-state index contributed by atoms with van der Waals surface area (Å²) in [6, 6.07) is 6.07. The third kappa shape index (κ3) is 6.38. The quantitative estimate of drug-likeness (QED) is 0.111. The molecule has 0 saturated carbocycles. The first-order valence-corrected chi connectivity index (χ1v) is 9.04. The number of carbonyl (C=O) groups excluding carboxylic acids is 1. The average molecular weight is 474 g/mol. The van der Waals surface area contributed by atoms with Crippen molar-refractivity contribution >= 4 is 30.1 Å². The van der Waals surface area contributed by atoms with Gasteiger partial charge in [0.05, 0.1) is 6.42 Å². The fourth-order valence-electron chi connectivity index (χ4n) is 2.67. The van der Waals surface area contributed by atoms with Crippen LogP contribution in [0.25, 0.3) is 0 Å². The summed E-state index contributed by atoms with van der Waals surface area (Å²) in [5, 5.41) is 21.3. The summed E-state index contributed by atoms with van der Waals surface area (Å²) in [4.78, 5) is 22.7. The summed E-state index contributed by atoms with van der Waals surface area (Å²) in [6.45, 7) is 3.87. The predicted molar refractivity (Wildman–Crippen MR) is 112 cm³/mol. The van der Waals surface area contributed by atoms with Crippen LogP contribution in [0, 0.1) is 28.7 Å². The van der Waals surface area contributed by atoms with E-state index in [1.807, 2.05) is 5.32 Å². The number of carboxylic acid groups (broad SMARTS) is 1. The minimum atomic E-state index is -1.86. The minimum absolute atomic E-state index is 0. The molecule has 0 atom stereocenters. The Morgan fingerprint density at radius 3 is 2.09 bits per heavy atom. The van der Waals surface area contributed by atoms with Crippen molar-refractivity contribution in [1.29, 1.82) is 5.41 Å². The molecule has 2 rings (SSSR count). The number of carbonyl (C=O) groups is 2. The van der Waals surface area contributed by atoms with E-state index in [-0.39, 0.29) is 30.9 Å². The maximum atomic E-state index is 14.2. The summed E-state index contributed by atoms with van der Waals surface area (Å²) in [6.07, 6.45) is 0.541. The monoisotopic (exact) mass is 473 g/mol. The lowest BCUT2D eigenvalue weighted by molar-refractivity contribution is -0.136. The lowest BCUT2D eigenvalue weighted by Crippen LogP contribution is -2.32. The lowest BCUT2D eigenvalue weighted by atomic mass is 10.0. The molecule has 11 heteroatoms. The highest BCUT2D eigenvalue weighted by Crippen LogP contribution is 2.25. The molecule has 0 radical (unpaired) electrons. The first kappa shape index (κ1) is 26.8. The fraction of sp³-hybridized carbons (Fsp3) is 0.190. The van der Waals surface area contributed by atoms with E-state index < -0.39 is 58.5 Å². The Balaban J connectivity index is 0.00000512. The summed E-state index contributed by atoms with van der Waals surface area (Å²) < 4.78 is 56.4. The minimum Gasteiger partial charge on any atom is -0.481 e. The van der Waals surface area contributed by atoms with Gasteiger partial charge in [-0.2, -0.15) is 0 Å². The van der Waals surface area contributed by atoms with E-state index in [1.54, 1.807) is 12.1 Å². The van der Waals surface area contributed by atoms with Crippen LogP contribution in [0.4, 0.5) is 17.6 Å². The van der Waals surface area contributed by atoms with Gasteiger partial charge in [-0.05, 0) is 12.0 Å². The van der Waals surface area contributed by atoms with Crippen LogP contribution < -0.4 is 10.6 Å². The van der Waals surface area contributed by atoms with Gasteiger partial charge in [-0.25, -0.2) is 17.6 Å². The van der Waals surface area contributed by atoms with E-state index in [9.17, 15) is 27.2 Å². The molecule has 0 bridgehead atoms. The highest BCUT2D eigenvalue weighted by atomic mass is 35.5. The van der Waals surface area contributed by atoms with Gasteiger partial charge in [0.2, 0.25) is 0 Å². The molecule has 2 aromatic carbocycles. The van der Waals surface area contributed by atoms with E-state index in [4.69, 9.17) is 10.5 Å². The van der Waals surface area contributed by atoms with E-state index >= 15 is 0 Å². The Kier molecular flexibility index (Phi) is 10.0. The van der Waals surface area contributed by atoms with Gasteiger partial charge in [0.1, 0.15) is 11.4 Å². The number of benzene rings is 2. The second-order valence-corrected chi connectivity index (χ2v) is 6.45. The van der Waals surface area contributed by atoms with Crippen molar-refractivity contribution in [3.05, 3.63) is 82.4 Å². The predicted octanol–water partition coefficient (Wildman–Crippen LogP) is 3.71. The number of aliphatic carboxylic acids is 1. The smallest absolute Gasteiger partial charge is 0.304 e. The Bertz CT molecular complexity index is 1000. The molecule has 0 unspecified atom stereocenters. The third-order valence-corrected chi connectivity index (χ3v) is 4.26. The Labute approximate surface area is 187 Å². The van der Waals surface area contributed by atoms with E-state index in [1.165, 1.54) is 12.1 Å². The maximum Gasteiger partial charge on any atom is 0.304 e. The van der Waals surface area contributed by atoms with Crippen LogP contribution in [-0.2, 0) is 17.8 Å². The van der Waals surface area contributed by atoms with Crippen molar-refractivity contribution in [3.63, 3.8) is 0 Å². The van der Waals surface area contributed by atoms with Gasteiger partial charge in [-0.15, -0.1) is 19.0 Å². The van der Waals surface area contributed by atoms with Crippen LogP contribution in [0.5, 0.6) is 0 Å². The van der Waals surface area contributed by atoms with E-state index in [0.29, 0.717) is 6.54 Å². The fourth-order valence-corrected chi connectivity index (χ4v) is 2.67. The van der Waals surface area contributed by atoms with Crippen LogP contribution in [0.3, 0.4) is 0 Å². The zero-order valence-corrected chi connectivity index (χ0v) is 17.4. The Morgan fingerprint density at radius 2 is 1.59 bits per heavy atom. The van der Waals surface area contributed by atoms with Crippen molar-refractivity contribution in [2.75, 3.05) is 6.54 Å². The average Bonchev–Trinajstić information content (AvgIpc) is 2.73. The molecule has 0 saturated heterocycles. The molecule has 0 aromatic heterocycles. The molecule has 0 spiro atoms. The SMILES string of the molecule is C=CCc1c(F)c(F)c(C(=O)NC(=N)c2ccc(CNCCC(=O)O)cc2)c(F)c1F.Cl. The third-order valence-electron chi connectivity index (χ3n) is 4.26. The molecule has 0 aliphatic carbocycles. The second-order valence-electron chi connectivity index (χ2n) is 6.45. The standard InChI is InChI=1S/C21H19F4N3O3.ClH/c1-2-3-13-16(22)18(24)15(19(25)17(13)23)21(31)28-20(26)12-6-4-11(5-7-12)10-27-9-8-14(29)30;/h2,4-7,27H,1,3,8-10H2,(H,29,30)(H2,26,28,31);1H. The highest BCUT2D eigenvalue weighted by Gasteiger charge is 2.29. The number of allylic oxidation sites excluding steroid dienone is 1. The lowest BCUT2D eigenvalue weighted by Gasteiger charge is -2.12. The number of hydrogen-bond donors (Lipinski definition) is 4. The van der Waals surface area contributed by atoms with Gasteiger partial charge < -0.3 is 15.7 Å². The maximum absolute atomic E-state index is 14.2. The van der Waals surface area contributed by atoms with Crippen LogP contribution in [0.2, 0.25) is 0 Å². The Hall–Kier alpha value is -3.24. The summed E-state index contributed by atoms with van der Waals surface area (Å²) in [7, 11) is 0. The van der Waals surface area contributed by atoms with Crippen molar-refractivity contribution < 1.29 is 32.3 Å². The van der Waals surface area contributed by atoms with Crippen LogP contribution in [-0.4, -0.2) is 29.4 Å². The Morgan fingerprint density at radius 1 is 1.03 bits per heavy atom. The number of carboxylic acids is 1. The van der Waals surface area contributed by atoms with Crippen LogP contribution in [0.1, 0.15) is 33.5 Å². The van der Waals surface area contributed by atoms with Gasteiger partial charge in [0, 0.05) is 24.2 Å². The molecule has 0 heterocycles. The summed E-state index contributed by atoms with van der Waals surface area (Å²) in [5.74, 6) is -10.1. The van der Waals surface area contributed by atoms with Gasteiger partial charge in [0.15, 0.2) is 23.3 Å². The zero-order valence-electron chi connectivity index (χ0n) is 16.6. The van der Waals surface area contributed by atoms with E-state index in [2.05, 4.69) is 11.9 Å². The highest BCUT2D eigenvalue weighted by molar-refractivity contribution is 6.11. The summed E-state index contributed by atoms with van der Waals surface area (Å²) in [5.41, 5.74) is -1.42. The summed E-state index contributed by atoms with van der Waals surface area (Å²) >= 11 is 0. The largest absolute Gasteiger partial charge is 0.481 e. The first-order chi connectivity index (χ1) is 14.7. The van der Waals surface area contributed by atoms with Crippen molar-refractivity contribution in [2.45, 2.75) is 19.4 Å². The molecular formula is C21H20ClF4N3O3. The van der Waals surface area contributed by atoms with Crippen LogP contribution >= 0.6 is 12.4 Å². The number of amides is 1. The van der Waals surface area contributed by atoms with Gasteiger partial charge >= 0.3 is 5.97 Å². The molecule has 0 aliphatic rings. The molecule has 2 aromatic rings. The topological polar surface area (TPSA) is 102 Å². The molecule has 32 heavy (non-hydrogen) atoms. The van der Waals surface area contributed by atoms with Crippen molar-refractivity contribution in [1.82, 2.24) is 10.6 Å². The number of rotatable bonds is 9. The van der Waals surface area contributed by atoms with Crippen molar-refractivity contribution in [2.24, 2.45) is 0 Å². The second kappa shape index (κ2) is 12.0. The molecule has 6 nitrogen and oxygen atoms in total. The number of halogens is 5. The molecule has 0 aliphatic heterocycles. The number of hydrogen-bond acceptors (Lipinski definition) is 4. The molecule has 4 N–H and O–H groups in total. The first-order valence-electron chi connectivity index (χ1n) is 9.04. The zero-order chi connectivity index (χ0) is 23.1. The van der Waals surface area contributed by atoms with Gasteiger partial charge in [0.25, 0.3) is 5.91 Å². The van der Waals surface area contributed by atoms with Crippen molar-refractivity contribution in [3.8, 4) is 0 Å². The van der Waals surface area contributed by atoms with Gasteiger partial charge in [-0.3, -0.25) is 15.0 Å². The molecule has 1 amide bonds. The molecule has 172 valence electrons. The van der Waals surface area contributed by atoms with Gasteiger partial charge in [-0.1, -0.05) is 30.3 Å². The molecule has 0 fully saturated rings. The molecular weight excluding hydrogens is 454 g/mol.